The molecule has 0 atom stereocenters. The summed E-state index contributed by atoms with van der Waals surface area (Å²) in [5, 5.41) is 5.17. The molecular formula is C15H13ClFN3O2. The average molecular weight is 322 g/mol. The molecule has 5 nitrogen and oxygen atoms in total. The highest BCUT2D eigenvalue weighted by Gasteiger charge is 2.10. The Bertz CT molecular complexity index is 704. The van der Waals surface area contributed by atoms with Gasteiger partial charge in [-0.3, -0.25) is 4.79 Å². The quantitative estimate of drug-likeness (QED) is 0.809. The van der Waals surface area contributed by atoms with E-state index in [1.807, 2.05) is 0 Å². The van der Waals surface area contributed by atoms with Crippen LogP contribution in [0.25, 0.3) is 0 Å². The molecule has 0 spiro atoms. The molecule has 0 aliphatic carbocycles. The summed E-state index contributed by atoms with van der Waals surface area (Å²) in [6.07, 6.45) is 0. The smallest absolute Gasteiger partial charge is 0.316 e. The van der Waals surface area contributed by atoms with Gasteiger partial charge in [-0.2, -0.15) is 0 Å². The second-order valence-corrected chi connectivity index (χ2v) is 4.90. The summed E-state index contributed by atoms with van der Waals surface area (Å²) in [5.74, 6) is -0.900. The third-order valence-corrected chi connectivity index (χ3v) is 3.16. The number of nitrogens with two attached hydrogens (primary N) is 1. The molecule has 0 unspecified atom stereocenters. The first kappa shape index (κ1) is 15.8. The van der Waals surface area contributed by atoms with Gasteiger partial charge in [0.1, 0.15) is 5.82 Å². The Morgan fingerprint density at radius 1 is 1.14 bits per heavy atom. The van der Waals surface area contributed by atoms with Crippen molar-refractivity contribution < 1.29 is 14.0 Å². The Morgan fingerprint density at radius 2 is 1.82 bits per heavy atom. The molecule has 2 aromatic carbocycles. The second kappa shape index (κ2) is 6.91. The summed E-state index contributed by atoms with van der Waals surface area (Å²) < 4.78 is 12.9. The summed E-state index contributed by atoms with van der Waals surface area (Å²) in [6, 6.07) is 9.73. The number of hydrogen-bond acceptors (Lipinski definition) is 2. The molecule has 0 bridgehead atoms. The van der Waals surface area contributed by atoms with Crippen molar-refractivity contribution in [1.29, 1.82) is 0 Å². The van der Waals surface area contributed by atoms with E-state index < -0.39 is 17.8 Å². The Labute approximate surface area is 131 Å². The number of primary amides is 1. The van der Waals surface area contributed by atoms with Gasteiger partial charge < -0.3 is 16.4 Å². The monoisotopic (exact) mass is 321 g/mol. The summed E-state index contributed by atoms with van der Waals surface area (Å²) in [4.78, 5) is 22.7. The molecule has 0 heterocycles. The van der Waals surface area contributed by atoms with E-state index in [1.165, 1.54) is 12.1 Å². The fourth-order valence-electron chi connectivity index (χ4n) is 1.80. The number of carbonyl (C=O) groups is 2. The summed E-state index contributed by atoms with van der Waals surface area (Å²) in [7, 11) is 0. The highest BCUT2D eigenvalue weighted by Crippen LogP contribution is 2.17. The number of carbonyl (C=O) groups excluding carboxylic acids is 2. The minimum Gasteiger partial charge on any atom is -0.351 e. The van der Waals surface area contributed by atoms with E-state index in [4.69, 9.17) is 17.3 Å². The molecule has 2 rings (SSSR count). The van der Waals surface area contributed by atoms with Gasteiger partial charge in [-0.25, -0.2) is 9.18 Å². The lowest BCUT2D eigenvalue weighted by atomic mass is 10.1. The maximum absolute atomic E-state index is 12.9. The minimum atomic E-state index is -0.646. The molecule has 3 amide bonds. The number of halogens is 2. The van der Waals surface area contributed by atoms with Crippen LogP contribution < -0.4 is 16.4 Å². The van der Waals surface area contributed by atoms with Gasteiger partial charge in [0.05, 0.1) is 10.6 Å². The fraction of sp³-hybridized carbons (Fsp3) is 0.0667. The maximum Gasteiger partial charge on any atom is 0.316 e. The van der Waals surface area contributed by atoms with Crippen LogP contribution in [0.15, 0.2) is 42.5 Å². The number of amides is 3. The SMILES string of the molecule is NC(=O)Nc1ccc(CNC(=O)c2ccc(F)cc2Cl)cc1. The molecule has 0 saturated carbocycles. The third kappa shape index (κ3) is 4.20. The number of urea groups is 1. The average Bonchev–Trinajstić information content (AvgIpc) is 2.45. The molecule has 0 aliphatic rings. The van der Waals surface area contributed by atoms with Gasteiger partial charge in [-0.15, -0.1) is 0 Å². The van der Waals surface area contributed by atoms with Crippen molar-refractivity contribution in [3.63, 3.8) is 0 Å². The second-order valence-electron chi connectivity index (χ2n) is 4.49. The van der Waals surface area contributed by atoms with Crippen molar-refractivity contribution in [3.05, 3.63) is 64.4 Å². The molecule has 0 saturated heterocycles. The zero-order valence-electron chi connectivity index (χ0n) is 11.4. The van der Waals surface area contributed by atoms with Crippen LogP contribution in [0.1, 0.15) is 15.9 Å². The summed E-state index contributed by atoms with van der Waals surface area (Å²) in [6.45, 7) is 0.267. The highest BCUT2D eigenvalue weighted by atomic mass is 35.5. The Balaban J connectivity index is 1.97. The zero-order chi connectivity index (χ0) is 16.1. The lowest BCUT2D eigenvalue weighted by Crippen LogP contribution is -2.23. The first-order valence-corrected chi connectivity index (χ1v) is 6.72. The molecular weight excluding hydrogens is 309 g/mol. The first-order valence-electron chi connectivity index (χ1n) is 6.34. The number of anilines is 1. The van der Waals surface area contributed by atoms with Crippen molar-refractivity contribution in [3.8, 4) is 0 Å². The van der Waals surface area contributed by atoms with Gasteiger partial charge in [-0.1, -0.05) is 23.7 Å². The summed E-state index contributed by atoms with van der Waals surface area (Å²) >= 11 is 5.82. The number of hydrogen-bond donors (Lipinski definition) is 3. The van der Waals surface area contributed by atoms with Gasteiger partial charge in [0, 0.05) is 12.2 Å². The summed E-state index contributed by atoms with van der Waals surface area (Å²) in [5.41, 5.74) is 6.59. The predicted octanol–water partition coefficient (Wildman–Crippen LogP) is 2.90. The number of rotatable bonds is 4. The molecule has 22 heavy (non-hydrogen) atoms. The van der Waals surface area contributed by atoms with E-state index in [-0.39, 0.29) is 17.1 Å². The largest absolute Gasteiger partial charge is 0.351 e. The molecule has 0 aliphatic heterocycles. The van der Waals surface area contributed by atoms with Crippen LogP contribution in [-0.2, 0) is 6.54 Å². The van der Waals surface area contributed by atoms with Gasteiger partial charge in [0.15, 0.2) is 0 Å². The number of benzene rings is 2. The fourth-order valence-corrected chi connectivity index (χ4v) is 2.05. The van der Waals surface area contributed by atoms with Crippen LogP contribution in [-0.4, -0.2) is 11.9 Å². The molecule has 114 valence electrons. The third-order valence-electron chi connectivity index (χ3n) is 2.85. The van der Waals surface area contributed by atoms with Gasteiger partial charge in [0.25, 0.3) is 5.91 Å². The van der Waals surface area contributed by atoms with Crippen molar-refractivity contribution in [2.24, 2.45) is 5.73 Å². The van der Waals surface area contributed by atoms with Crippen LogP contribution in [0.4, 0.5) is 14.9 Å². The molecule has 0 fully saturated rings. The van der Waals surface area contributed by atoms with Crippen molar-refractivity contribution in [2.45, 2.75) is 6.54 Å². The van der Waals surface area contributed by atoms with Crippen LogP contribution >= 0.6 is 11.6 Å². The van der Waals surface area contributed by atoms with E-state index in [0.29, 0.717) is 5.69 Å². The topological polar surface area (TPSA) is 84.2 Å². The van der Waals surface area contributed by atoms with Crippen molar-refractivity contribution >= 4 is 29.2 Å². The Morgan fingerprint density at radius 3 is 2.41 bits per heavy atom. The minimum absolute atomic E-state index is 0.0542. The normalized spacial score (nSPS) is 10.1. The van der Waals surface area contributed by atoms with Crippen molar-refractivity contribution in [2.75, 3.05) is 5.32 Å². The van der Waals surface area contributed by atoms with Gasteiger partial charge in [-0.05, 0) is 35.9 Å². The van der Waals surface area contributed by atoms with E-state index in [2.05, 4.69) is 10.6 Å². The van der Waals surface area contributed by atoms with E-state index >= 15 is 0 Å². The van der Waals surface area contributed by atoms with E-state index in [0.717, 1.165) is 11.6 Å². The number of nitrogens with one attached hydrogen (secondary N) is 2. The lowest BCUT2D eigenvalue weighted by molar-refractivity contribution is 0.0951. The van der Waals surface area contributed by atoms with E-state index in [1.54, 1.807) is 24.3 Å². The van der Waals surface area contributed by atoms with Crippen LogP contribution in [0.2, 0.25) is 5.02 Å². The first-order chi connectivity index (χ1) is 10.5. The predicted molar refractivity (Wildman–Crippen MR) is 82.2 cm³/mol. The molecule has 0 aromatic heterocycles. The van der Waals surface area contributed by atoms with Crippen LogP contribution in [0, 0.1) is 5.82 Å². The zero-order valence-corrected chi connectivity index (χ0v) is 12.2. The van der Waals surface area contributed by atoms with E-state index in [9.17, 15) is 14.0 Å². The standard InChI is InChI=1S/C15H13ClFN3O2/c16-13-7-10(17)3-6-12(13)14(21)19-8-9-1-4-11(5-2-9)20-15(18)22/h1-7H,8H2,(H,19,21)(H3,18,20,22). The Hall–Kier alpha value is -2.60. The van der Waals surface area contributed by atoms with Crippen LogP contribution in [0.5, 0.6) is 0 Å². The highest BCUT2D eigenvalue weighted by molar-refractivity contribution is 6.33. The Kier molecular flexibility index (Phi) is 4.95. The molecule has 7 heteroatoms. The lowest BCUT2D eigenvalue weighted by Gasteiger charge is -2.08. The van der Waals surface area contributed by atoms with Gasteiger partial charge >= 0.3 is 6.03 Å². The van der Waals surface area contributed by atoms with Crippen LogP contribution in [0.3, 0.4) is 0 Å². The van der Waals surface area contributed by atoms with Crippen molar-refractivity contribution in [1.82, 2.24) is 5.32 Å². The van der Waals surface area contributed by atoms with Gasteiger partial charge in [0.2, 0.25) is 0 Å². The maximum atomic E-state index is 12.9. The molecule has 2 aromatic rings. The molecule has 4 N–H and O–H groups in total. The molecule has 0 radical (unpaired) electrons.